The van der Waals surface area contributed by atoms with Crippen LogP contribution in [0, 0.1) is 6.92 Å². The first-order valence-corrected chi connectivity index (χ1v) is 8.67. The molecule has 5 heteroatoms. The first kappa shape index (κ1) is 20.0. The Morgan fingerprint density at radius 1 is 1.17 bits per heavy atom. The third-order valence-corrected chi connectivity index (χ3v) is 3.83. The number of amides is 1. The molecule has 0 aliphatic carbocycles. The van der Waals surface area contributed by atoms with Crippen LogP contribution in [0.25, 0.3) is 0 Å². The van der Waals surface area contributed by atoms with Crippen molar-refractivity contribution in [2.24, 2.45) is 0 Å². The van der Waals surface area contributed by atoms with Crippen LogP contribution in [0.3, 0.4) is 0 Å². The summed E-state index contributed by atoms with van der Waals surface area (Å²) in [4.78, 5) is 25.6. The summed E-state index contributed by atoms with van der Waals surface area (Å²) in [6, 6.07) is 5.49. The zero-order valence-electron chi connectivity index (χ0n) is 15.4. The summed E-state index contributed by atoms with van der Waals surface area (Å²) in [6.45, 7) is 4.65. The highest BCUT2D eigenvalue weighted by Crippen LogP contribution is 2.19. The largest absolute Gasteiger partial charge is 0.460 e. The highest BCUT2D eigenvalue weighted by Gasteiger charge is 2.10. The van der Waals surface area contributed by atoms with Gasteiger partial charge in [0.15, 0.2) is 0 Å². The number of esters is 1. The molecule has 0 aromatic heterocycles. The lowest BCUT2D eigenvalue weighted by atomic mass is 10.1. The number of carbonyl (C=O) groups is 2. The van der Waals surface area contributed by atoms with E-state index in [1.807, 2.05) is 38.1 Å². The molecule has 5 nitrogen and oxygen atoms in total. The quantitative estimate of drug-likeness (QED) is 0.527. The summed E-state index contributed by atoms with van der Waals surface area (Å²) >= 11 is 0. The van der Waals surface area contributed by atoms with E-state index in [0.29, 0.717) is 18.5 Å². The van der Waals surface area contributed by atoms with Gasteiger partial charge in [-0.25, -0.2) is 4.79 Å². The SMILES string of the molecule is CCCCCCC(=O)NCCOC(=O)c1ccc(N(C)C)c(C)c1. The lowest BCUT2D eigenvalue weighted by molar-refractivity contribution is -0.121. The summed E-state index contributed by atoms with van der Waals surface area (Å²) in [5, 5.41) is 2.78. The molecule has 24 heavy (non-hydrogen) atoms. The molecular formula is C19H30N2O3. The van der Waals surface area contributed by atoms with Crippen molar-refractivity contribution in [3.63, 3.8) is 0 Å². The molecule has 0 radical (unpaired) electrons. The topological polar surface area (TPSA) is 58.6 Å². The van der Waals surface area contributed by atoms with Gasteiger partial charge in [0.1, 0.15) is 6.61 Å². The van der Waals surface area contributed by atoms with E-state index in [2.05, 4.69) is 12.2 Å². The predicted octanol–water partition coefficient (Wildman–Crippen LogP) is 3.30. The maximum atomic E-state index is 12.0. The van der Waals surface area contributed by atoms with Crippen LogP contribution in [0.4, 0.5) is 5.69 Å². The number of carbonyl (C=O) groups excluding carboxylic acids is 2. The number of rotatable bonds is 10. The smallest absolute Gasteiger partial charge is 0.338 e. The first-order chi connectivity index (χ1) is 11.5. The Bertz CT molecular complexity index is 541. The van der Waals surface area contributed by atoms with Crippen molar-refractivity contribution in [2.45, 2.75) is 46.0 Å². The van der Waals surface area contributed by atoms with Gasteiger partial charge >= 0.3 is 5.97 Å². The molecule has 1 amide bonds. The number of aryl methyl sites for hydroxylation is 1. The molecule has 1 N–H and O–H groups in total. The van der Waals surface area contributed by atoms with Crippen molar-refractivity contribution < 1.29 is 14.3 Å². The molecular weight excluding hydrogens is 304 g/mol. The van der Waals surface area contributed by atoms with Crippen LogP contribution in [-0.4, -0.2) is 39.1 Å². The number of anilines is 1. The molecule has 134 valence electrons. The Balaban J connectivity index is 2.29. The second kappa shape index (κ2) is 10.7. The lowest BCUT2D eigenvalue weighted by Gasteiger charge is -2.16. The van der Waals surface area contributed by atoms with Crippen LogP contribution >= 0.6 is 0 Å². The van der Waals surface area contributed by atoms with Crippen LogP contribution in [0.2, 0.25) is 0 Å². The van der Waals surface area contributed by atoms with Crippen LogP contribution in [0.1, 0.15) is 54.9 Å². The van der Waals surface area contributed by atoms with Crippen molar-refractivity contribution >= 4 is 17.6 Å². The van der Waals surface area contributed by atoms with E-state index in [9.17, 15) is 9.59 Å². The number of nitrogens with one attached hydrogen (secondary N) is 1. The maximum Gasteiger partial charge on any atom is 0.338 e. The Labute approximate surface area is 145 Å². The number of unbranched alkanes of at least 4 members (excludes halogenated alkanes) is 3. The number of ether oxygens (including phenoxy) is 1. The molecule has 0 aliphatic heterocycles. The monoisotopic (exact) mass is 334 g/mol. The normalized spacial score (nSPS) is 10.3. The van der Waals surface area contributed by atoms with Crippen molar-refractivity contribution in [3.8, 4) is 0 Å². The van der Waals surface area contributed by atoms with Crippen LogP contribution in [-0.2, 0) is 9.53 Å². The van der Waals surface area contributed by atoms with Crippen molar-refractivity contribution in [1.82, 2.24) is 5.32 Å². The van der Waals surface area contributed by atoms with Crippen LogP contribution in [0.15, 0.2) is 18.2 Å². The Morgan fingerprint density at radius 2 is 1.92 bits per heavy atom. The molecule has 0 saturated heterocycles. The molecule has 1 rings (SSSR count). The van der Waals surface area contributed by atoms with Gasteiger partial charge in [-0.1, -0.05) is 26.2 Å². The van der Waals surface area contributed by atoms with Gasteiger partial charge < -0.3 is 15.0 Å². The van der Waals surface area contributed by atoms with Crippen molar-refractivity contribution in [2.75, 3.05) is 32.1 Å². The minimum absolute atomic E-state index is 0.0216. The Kier molecular flexibility index (Phi) is 8.90. The zero-order valence-corrected chi connectivity index (χ0v) is 15.4. The Morgan fingerprint density at radius 3 is 2.54 bits per heavy atom. The van der Waals surface area contributed by atoms with Gasteiger partial charge in [-0.15, -0.1) is 0 Å². The third-order valence-electron chi connectivity index (χ3n) is 3.83. The van der Waals surface area contributed by atoms with Gasteiger partial charge in [-0.3, -0.25) is 4.79 Å². The maximum absolute atomic E-state index is 12.0. The highest BCUT2D eigenvalue weighted by molar-refractivity contribution is 5.90. The summed E-state index contributed by atoms with van der Waals surface area (Å²) in [6.07, 6.45) is 4.86. The number of hydrogen-bond acceptors (Lipinski definition) is 4. The van der Waals surface area contributed by atoms with E-state index in [1.165, 1.54) is 0 Å². The zero-order chi connectivity index (χ0) is 17.9. The fourth-order valence-electron chi connectivity index (χ4n) is 2.50. The molecule has 0 aliphatic rings. The molecule has 0 spiro atoms. The van der Waals surface area contributed by atoms with Gasteiger partial charge in [0, 0.05) is 26.2 Å². The van der Waals surface area contributed by atoms with Gasteiger partial charge in [0.2, 0.25) is 5.91 Å². The predicted molar refractivity (Wildman–Crippen MR) is 97.6 cm³/mol. The molecule has 0 bridgehead atoms. The third kappa shape index (κ3) is 7.02. The minimum atomic E-state index is -0.361. The van der Waals surface area contributed by atoms with Gasteiger partial charge in [0.05, 0.1) is 12.1 Å². The molecule has 1 aromatic rings. The first-order valence-electron chi connectivity index (χ1n) is 8.67. The van der Waals surface area contributed by atoms with E-state index in [0.717, 1.165) is 36.9 Å². The van der Waals surface area contributed by atoms with Gasteiger partial charge in [-0.2, -0.15) is 0 Å². The summed E-state index contributed by atoms with van der Waals surface area (Å²) < 4.78 is 5.21. The molecule has 0 saturated carbocycles. The standard InChI is InChI=1S/C19H30N2O3/c1-5-6-7-8-9-18(22)20-12-13-24-19(23)16-10-11-17(21(3)4)15(2)14-16/h10-11,14H,5-9,12-13H2,1-4H3,(H,20,22). The number of nitrogens with zero attached hydrogens (tertiary/aromatic N) is 1. The van der Waals surface area contributed by atoms with Gasteiger partial charge in [-0.05, 0) is 37.1 Å². The van der Waals surface area contributed by atoms with E-state index in [1.54, 1.807) is 6.07 Å². The van der Waals surface area contributed by atoms with Crippen molar-refractivity contribution in [1.29, 1.82) is 0 Å². The molecule has 0 unspecified atom stereocenters. The summed E-state index contributed by atoms with van der Waals surface area (Å²) in [5.74, 6) is -0.339. The van der Waals surface area contributed by atoms with E-state index in [-0.39, 0.29) is 18.5 Å². The van der Waals surface area contributed by atoms with Crippen molar-refractivity contribution in [3.05, 3.63) is 29.3 Å². The molecule has 0 fully saturated rings. The summed E-state index contributed by atoms with van der Waals surface area (Å²) in [5.41, 5.74) is 2.63. The molecule has 0 atom stereocenters. The fraction of sp³-hybridized carbons (Fsp3) is 0.579. The molecule has 0 heterocycles. The van der Waals surface area contributed by atoms with E-state index in [4.69, 9.17) is 4.74 Å². The summed E-state index contributed by atoms with van der Waals surface area (Å²) in [7, 11) is 3.93. The second-order valence-electron chi connectivity index (χ2n) is 6.19. The number of hydrogen-bond donors (Lipinski definition) is 1. The van der Waals surface area contributed by atoms with E-state index >= 15 is 0 Å². The minimum Gasteiger partial charge on any atom is -0.460 e. The van der Waals surface area contributed by atoms with Crippen LogP contribution < -0.4 is 10.2 Å². The molecule has 1 aromatic carbocycles. The average molecular weight is 334 g/mol. The Hall–Kier alpha value is -2.04. The highest BCUT2D eigenvalue weighted by atomic mass is 16.5. The van der Waals surface area contributed by atoms with E-state index < -0.39 is 0 Å². The average Bonchev–Trinajstić information content (AvgIpc) is 2.55. The lowest BCUT2D eigenvalue weighted by Crippen LogP contribution is -2.27. The van der Waals surface area contributed by atoms with Gasteiger partial charge in [0.25, 0.3) is 0 Å². The fourth-order valence-corrected chi connectivity index (χ4v) is 2.50. The second-order valence-corrected chi connectivity index (χ2v) is 6.19. The van der Waals surface area contributed by atoms with Crippen LogP contribution in [0.5, 0.6) is 0 Å². The number of benzene rings is 1.